The van der Waals surface area contributed by atoms with E-state index in [9.17, 15) is 8.42 Å². The summed E-state index contributed by atoms with van der Waals surface area (Å²) >= 11 is 0. The van der Waals surface area contributed by atoms with Gasteiger partial charge in [0, 0.05) is 32.0 Å². The molecule has 0 unspecified atom stereocenters. The van der Waals surface area contributed by atoms with Gasteiger partial charge >= 0.3 is 0 Å². The zero-order valence-electron chi connectivity index (χ0n) is 14.8. The molecular weight excluding hydrogens is 338 g/mol. The SMILES string of the molecule is CCOc1ccc(S(=O)(=O)N2CCC(Cn3ccnc3C)CC2)cc1. The fraction of sp³-hybridized carbons (Fsp3) is 0.500. The van der Waals surface area contributed by atoms with Crippen LogP contribution in [-0.2, 0) is 16.6 Å². The van der Waals surface area contributed by atoms with E-state index in [-0.39, 0.29) is 0 Å². The summed E-state index contributed by atoms with van der Waals surface area (Å²) in [7, 11) is -3.43. The van der Waals surface area contributed by atoms with Gasteiger partial charge in [-0.2, -0.15) is 4.31 Å². The molecule has 136 valence electrons. The number of ether oxygens (including phenoxy) is 1. The van der Waals surface area contributed by atoms with Crippen molar-refractivity contribution in [3.05, 3.63) is 42.5 Å². The molecule has 0 atom stereocenters. The number of sulfonamides is 1. The van der Waals surface area contributed by atoms with E-state index in [1.54, 1.807) is 34.8 Å². The van der Waals surface area contributed by atoms with Crippen molar-refractivity contribution < 1.29 is 13.2 Å². The molecule has 1 aliphatic rings. The fourth-order valence-electron chi connectivity index (χ4n) is 3.23. The van der Waals surface area contributed by atoms with E-state index in [2.05, 4.69) is 9.55 Å². The van der Waals surface area contributed by atoms with Crippen molar-refractivity contribution in [3.63, 3.8) is 0 Å². The maximum atomic E-state index is 12.8. The fourth-order valence-corrected chi connectivity index (χ4v) is 4.70. The molecular formula is C18H25N3O3S. The minimum absolute atomic E-state index is 0.333. The van der Waals surface area contributed by atoms with Crippen molar-refractivity contribution in [1.82, 2.24) is 13.9 Å². The highest BCUT2D eigenvalue weighted by molar-refractivity contribution is 7.89. The first kappa shape index (κ1) is 17.9. The molecule has 0 N–H and O–H groups in total. The molecule has 1 aromatic carbocycles. The van der Waals surface area contributed by atoms with Gasteiger partial charge in [-0.3, -0.25) is 0 Å². The van der Waals surface area contributed by atoms with Crippen molar-refractivity contribution in [3.8, 4) is 5.75 Å². The number of piperidine rings is 1. The van der Waals surface area contributed by atoms with Gasteiger partial charge in [0.15, 0.2) is 0 Å². The van der Waals surface area contributed by atoms with Gasteiger partial charge in [-0.25, -0.2) is 13.4 Å². The molecule has 25 heavy (non-hydrogen) atoms. The second-order valence-corrected chi connectivity index (χ2v) is 8.32. The highest BCUT2D eigenvalue weighted by Gasteiger charge is 2.29. The van der Waals surface area contributed by atoms with Gasteiger partial charge in [-0.1, -0.05) is 0 Å². The average molecular weight is 363 g/mol. The number of hydrogen-bond acceptors (Lipinski definition) is 4. The van der Waals surface area contributed by atoms with Crippen molar-refractivity contribution in [2.75, 3.05) is 19.7 Å². The highest BCUT2D eigenvalue weighted by atomic mass is 32.2. The molecule has 0 spiro atoms. The van der Waals surface area contributed by atoms with Crippen LogP contribution in [0.5, 0.6) is 5.75 Å². The first-order valence-corrected chi connectivity index (χ1v) is 10.2. The van der Waals surface area contributed by atoms with Crippen LogP contribution in [0.15, 0.2) is 41.6 Å². The van der Waals surface area contributed by atoms with Gasteiger partial charge in [0.25, 0.3) is 0 Å². The quantitative estimate of drug-likeness (QED) is 0.791. The van der Waals surface area contributed by atoms with Gasteiger partial charge < -0.3 is 9.30 Å². The van der Waals surface area contributed by atoms with Crippen LogP contribution in [0.2, 0.25) is 0 Å². The number of imidazole rings is 1. The third-order valence-corrected chi connectivity index (χ3v) is 6.64. The summed E-state index contributed by atoms with van der Waals surface area (Å²) in [4.78, 5) is 4.58. The molecule has 1 aromatic heterocycles. The Hall–Kier alpha value is -1.86. The van der Waals surface area contributed by atoms with E-state index in [0.29, 0.717) is 36.3 Å². The van der Waals surface area contributed by atoms with Crippen LogP contribution in [0.3, 0.4) is 0 Å². The van der Waals surface area contributed by atoms with Crippen LogP contribution in [0.4, 0.5) is 0 Å². The van der Waals surface area contributed by atoms with Gasteiger partial charge in [-0.15, -0.1) is 0 Å². The summed E-state index contributed by atoms with van der Waals surface area (Å²) in [5, 5.41) is 0. The lowest BCUT2D eigenvalue weighted by atomic mass is 9.98. The van der Waals surface area contributed by atoms with Gasteiger partial charge in [0.1, 0.15) is 11.6 Å². The van der Waals surface area contributed by atoms with Crippen molar-refractivity contribution in [2.45, 2.75) is 38.1 Å². The van der Waals surface area contributed by atoms with E-state index in [0.717, 1.165) is 25.2 Å². The van der Waals surface area contributed by atoms with Crippen LogP contribution < -0.4 is 4.74 Å². The van der Waals surface area contributed by atoms with Crippen LogP contribution in [0.25, 0.3) is 0 Å². The molecule has 7 heteroatoms. The van der Waals surface area contributed by atoms with E-state index < -0.39 is 10.0 Å². The summed E-state index contributed by atoms with van der Waals surface area (Å²) in [6.07, 6.45) is 5.53. The molecule has 1 aliphatic heterocycles. The molecule has 2 aromatic rings. The van der Waals surface area contributed by atoms with E-state index in [4.69, 9.17) is 4.74 Å². The second kappa shape index (κ2) is 7.58. The summed E-state index contributed by atoms with van der Waals surface area (Å²) in [6.45, 7) is 6.49. The number of hydrogen-bond donors (Lipinski definition) is 0. The van der Waals surface area contributed by atoms with Crippen molar-refractivity contribution in [2.24, 2.45) is 5.92 Å². The normalized spacial score (nSPS) is 16.9. The van der Waals surface area contributed by atoms with E-state index in [1.807, 2.05) is 20.0 Å². The van der Waals surface area contributed by atoms with Gasteiger partial charge in [-0.05, 0) is 56.9 Å². The summed E-state index contributed by atoms with van der Waals surface area (Å²) < 4.78 is 34.7. The Morgan fingerprint density at radius 2 is 1.88 bits per heavy atom. The number of rotatable bonds is 6. The topological polar surface area (TPSA) is 64.4 Å². The molecule has 0 radical (unpaired) electrons. The zero-order chi connectivity index (χ0) is 17.9. The lowest BCUT2D eigenvalue weighted by Gasteiger charge is -2.31. The Morgan fingerprint density at radius 1 is 1.20 bits per heavy atom. The first-order valence-electron chi connectivity index (χ1n) is 8.71. The van der Waals surface area contributed by atoms with Crippen LogP contribution in [-0.4, -0.2) is 42.0 Å². The molecule has 2 heterocycles. The Bertz CT molecular complexity index is 791. The Morgan fingerprint density at radius 3 is 2.44 bits per heavy atom. The van der Waals surface area contributed by atoms with Crippen molar-refractivity contribution >= 4 is 10.0 Å². The molecule has 0 aliphatic carbocycles. The van der Waals surface area contributed by atoms with Crippen LogP contribution >= 0.6 is 0 Å². The summed E-state index contributed by atoms with van der Waals surface area (Å²) in [6, 6.07) is 6.68. The maximum Gasteiger partial charge on any atom is 0.243 e. The molecule has 0 amide bonds. The molecule has 0 bridgehead atoms. The van der Waals surface area contributed by atoms with Gasteiger partial charge in [0.2, 0.25) is 10.0 Å². The lowest BCUT2D eigenvalue weighted by Crippen LogP contribution is -2.39. The molecule has 0 saturated carbocycles. The minimum Gasteiger partial charge on any atom is -0.494 e. The van der Waals surface area contributed by atoms with Gasteiger partial charge in [0.05, 0.1) is 11.5 Å². The molecule has 1 fully saturated rings. The Balaban J connectivity index is 1.62. The monoisotopic (exact) mass is 363 g/mol. The van der Waals surface area contributed by atoms with Crippen molar-refractivity contribution in [1.29, 1.82) is 0 Å². The number of aromatic nitrogens is 2. The Kier molecular flexibility index (Phi) is 5.44. The third kappa shape index (κ3) is 4.04. The minimum atomic E-state index is -3.43. The molecule has 3 rings (SSSR count). The maximum absolute atomic E-state index is 12.8. The smallest absolute Gasteiger partial charge is 0.243 e. The number of benzene rings is 1. The average Bonchev–Trinajstić information content (AvgIpc) is 3.01. The largest absolute Gasteiger partial charge is 0.494 e. The first-order chi connectivity index (χ1) is 12.0. The highest BCUT2D eigenvalue weighted by Crippen LogP contribution is 2.26. The zero-order valence-corrected chi connectivity index (χ0v) is 15.6. The predicted molar refractivity (Wildman–Crippen MR) is 96.1 cm³/mol. The van der Waals surface area contributed by atoms with E-state index in [1.165, 1.54) is 0 Å². The van der Waals surface area contributed by atoms with Crippen LogP contribution in [0.1, 0.15) is 25.6 Å². The summed E-state index contributed by atoms with van der Waals surface area (Å²) in [5.74, 6) is 2.18. The standard InChI is InChI=1S/C18H25N3O3S/c1-3-24-17-4-6-18(7-5-17)25(22,23)21-11-8-16(9-12-21)14-20-13-10-19-15(20)2/h4-7,10,13,16H,3,8-9,11-12,14H2,1-2H3. The third-order valence-electron chi connectivity index (χ3n) is 4.72. The number of aryl methyl sites for hydroxylation is 1. The lowest BCUT2D eigenvalue weighted by molar-refractivity contribution is 0.252. The molecule has 1 saturated heterocycles. The Labute approximate surface area is 149 Å². The predicted octanol–water partition coefficient (Wildman–Crippen LogP) is 2.69. The van der Waals surface area contributed by atoms with Crippen LogP contribution in [0, 0.1) is 12.8 Å². The number of nitrogens with zero attached hydrogens (tertiary/aromatic N) is 3. The summed E-state index contributed by atoms with van der Waals surface area (Å²) in [5.41, 5.74) is 0. The second-order valence-electron chi connectivity index (χ2n) is 6.38. The molecule has 6 nitrogen and oxygen atoms in total. The van der Waals surface area contributed by atoms with E-state index >= 15 is 0 Å².